The maximum atomic E-state index is 6.13. The first-order valence-electron chi connectivity index (χ1n) is 11.0. The van der Waals surface area contributed by atoms with Crippen molar-refractivity contribution in [2.24, 2.45) is 0 Å². The zero-order valence-electron chi connectivity index (χ0n) is 17.8. The Morgan fingerprint density at radius 1 is 0.800 bits per heavy atom. The second-order valence-corrected chi connectivity index (χ2v) is 10.6. The van der Waals surface area contributed by atoms with Gasteiger partial charge in [-0.1, -0.05) is 90.9 Å². The minimum atomic E-state index is -2.16. The zero-order chi connectivity index (χ0) is 18.8. The molecule has 0 rings (SSSR count). The Labute approximate surface area is 160 Å². The lowest BCUT2D eigenvalue weighted by Crippen LogP contribution is -2.40. The van der Waals surface area contributed by atoms with Gasteiger partial charge in [0.1, 0.15) is 0 Å². The molecule has 0 heterocycles. The van der Waals surface area contributed by atoms with Gasteiger partial charge in [0.05, 0.1) is 0 Å². The van der Waals surface area contributed by atoms with E-state index in [-0.39, 0.29) is 6.10 Å². The van der Waals surface area contributed by atoms with Crippen LogP contribution in [0.15, 0.2) is 12.3 Å². The third kappa shape index (κ3) is 15.8. The van der Waals surface area contributed by atoms with Crippen molar-refractivity contribution in [3.05, 3.63) is 12.3 Å². The molecule has 0 aromatic rings. The molecule has 25 heavy (non-hydrogen) atoms. The summed E-state index contributed by atoms with van der Waals surface area (Å²) in [4.78, 5) is 0. The molecule has 0 saturated heterocycles. The number of hydrogen-bond acceptors (Lipinski definition) is 2. The van der Waals surface area contributed by atoms with Gasteiger partial charge in [-0.2, -0.15) is 0 Å². The van der Waals surface area contributed by atoms with E-state index in [2.05, 4.69) is 33.9 Å². The highest BCUT2D eigenvalue weighted by Gasteiger charge is 2.29. The van der Waals surface area contributed by atoms with Crippen LogP contribution in [0, 0.1) is 0 Å². The van der Waals surface area contributed by atoms with Crippen LogP contribution in [-0.2, 0) is 8.85 Å². The summed E-state index contributed by atoms with van der Waals surface area (Å²) in [5, 5.41) is 0. The Balaban J connectivity index is 3.48. The van der Waals surface area contributed by atoms with Crippen molar-refractivity contribution < 1.29 is 8.85 Å². The third-order valence-electron chi connectivity index (χ3n) is 4.89. The van der Waals surface area contributed by atoms with Gasteiger partial charge in [0.2, 0.25) is 0 Å². The van der Waals surface area contributed by atoms with Gasteiger partial charge in [0.25, 0.3) is 0 Å². The van der Waals surface area contributed by atoms with Crippen molar-refractivity contribution in [1.29, 1.82) is 0 Å². The van der Waals surface area contributed by atoms with Crippen LogP contribution in [0.4, 0.5) is 0 Å². The van der Waals surface area contributed by atoms with Gasteiger partial charge < -0.3 is 8.85 Å². The van der Waals surface area contributed by atoms with Crippen LogP contribution in [0.1, 0.15) is 111 Å². The predicted octanol–water partition coefficient (Wildman–Crippen LogP) is 7.71. The third-order valence-corrected chi connectivity index (χ3v) is 7.28. The lowest BCUT2D eigenvalue weighted by atomic mass is 10.1. The summed E-state index contributed by atoms with van der Waals surface area (Å²) < 4.78 is 12.2. The van der Waals surface area contributed by atoms with Crippen LogP contribution >= 0.6 is 0 Å². The highest BCUT2D eigenvalue weighted by molar-refractivity contribution is 6.71. The Hall–Kier alpha value is -0.123. The van der Waals surface area contributed by atoms with E-state index in [1.165, 1.54) is 70.6 Å². The van der Waals surface area contributed by atoms with Crippen molar-refractivity contribution in [1.82, 2.24) is 0 Å². The monoisotopic (exact) mass is 370 g/mol. The number of rotatable bonds is 19. The highest BCUT2D eigenvalue weighted by Crippen LogP contribution is 2.16. The average molecular weight is 371 g/mol. The molecule has 0 saturated carbocycles. The van der Waals surface area contributed by atoms with E-state index in [1.54, 1.807) is 0 Å². The van der Waals surface area contributed by atoms with E-state index < -0.39 is 8.56 Å². The fourth-order valence-corrected chi connectivity index (χ4v) is 4.97. The van der Waals surface area contributed by atoms with E-state index in [0.717, 1.165) is 25.9 Å². The SMILES string of the molecule is C=C[Si](C)(OCCCCCCCCCCCCCC)OC(C)CCC. The summed E-state index contributed by atoms with van der Waals surface area (Å²) in [6, 6.07) is 0. The summed E-state index contributed by atoms with van der Waals surface area (Å²) in [5.74, 6) is 0. The first kappa shape index (κ1) is 24.9. The first-order valence-corrected chi connectivity index (χ1v) is 13.4. The molecule has 3 heteroatoms. The molecule has 0 fully saturated rings. The summed E-state index contributed by atoms with van der Waals surface area (Å²) in [6.45, 7) is 13.5. The summed E-state index contributed by atoms with van der Waals surface area (Å²) in [5.41, 5.74) is 1.93. The molecule has 0 aliphatic rings. The van der Waals surface area contributed by atoms with Crippen molar-refractivity contribution in [3.63, 3.8) is 0 Å². The van der Waals surface area contributed by atoms with Gasteiger partial charge in [-0.05, 0) is 32.0 Å². The Kier molecular flexibility index (Phi) is 17.2. The molecule has 0 aromatic heterocycles. The van der Waals surface area contributed by atoms with Crippen LogP contribution < -0.4 is 0 Å². The van der Waals surface area contributed by atoms with Crippen molar-refractivity contribution >= 4 is 8.56 Å². The van der Waals surface area contributed by atoms with Gasteiger partial charge >= 0.3 is 8.56 Å². The van der Waals surface area contributed by atoms with E-state index >= 15 is 0 Å². The lowest BCUT2D eigenvalue weighted by Gasteiger charge is -2.27. The van der Waals surface area contributed by atoms with Crippen LogP contribution in [-0.4, -0.2) is 21.3 Å². The molecule has 0 radical (unpaired) electrons. The smallest absolute Gasteiger partial charge is 0.361 e. The van der Waals surface area contributed by atoms with Gasteiger partial charge in [0.15, 0.2) is 0 Å². The molecule has 2 atom stereocenters. The molecule has 0 aliphatic carbocycles. The molecule has 0 aliphatic heterocycles. The van der Waals surface area contributed by atoms with Crippen molar-refractivity contribution in [2.75, 3.05) is 6.61 Å². The molecule has 150 valence electrons. The normalized spacial score (nSPS) is 15.0. The number of unbranched alkanes of at least 4 members (excludes halogenated alkanes) is 11. The molecule has 0 aromatic carbocycles. The van der Waals surface area contributed by atoms with Gasteiger partial charge in [-0.25, -0.2) is 0 Å². The zero-order valence-corrected chi connectivity index (χ0v) is 18.8. The Morgan fingerprint density at radius 3 is 1.72 bits per heavy atom. The topological polar surface area (TPSA) is 18.5 Å². The standard InChI is InChI=1S/C22H46O2Si/c1-6-9-10-11-12-13-14-15-16-17-18-19-21-23-25(5,8-3)24-22(4)20-7-2/h8,22H,3,6-7,9-21H2,1-2,4-5H3. The number of hydrogen-bond donors (Lipinski definition) is 0. The highest BCUT2D eigenvalue weighted by atomic mass is 28.4. The van der Waals surface area contributed by atoms with E-state index in [4.69, 9.17) is 8.85 Å². The van der Waals surface area contributed by atoms with Crippen LogP contribution in [0.3, 0.4) is 0 Å². The lowest BCUT2D eigenvalue weighted by molar-refractivity contribution is 0.127. The summed E-state index contributed by atoms with van der Waals surface area (Å²) in [7, 11) is -2.16. The largest absolute Gasteiger partial charge is 0.391 e. The molecule has 2 unspecified atom stereocenters. The minimum Gasteiger partial charge on any atom is -0.391 e. The van der Waals surface area contributed by atoms with Crippen LogP contribution in [0.5, 0.6) is 0 Å². The summed E-state index contributed by atoms with van der Waals surface area (Å²) in [6.07, 6.45) is 19.0. The second-order valence-electron chi connectivity index (χ2n) is 7.67. The maximum absolute atomic E-state index is 6.13. The molecule has 0 amide bonds. The maximum Gasteiger partial charge on any atom is 0.361 e. The Morgan fingerprint density at radius 2 is 1.28 bits per heavy atom. The first-order chi connectivity index (χ1) is 12.1. The molecular weight excluding hydrogens is 324 g/mol. The minimum absolute atomic E-state index is 0.279. The van der Waals surface area contributed by atoms with E-state index in [9.17, 15) is 0 Å². The van der Waals surface area contributed by atoms with Crippen molar-refractivity contribution in [2.45, 2.75) is 123 Å². The summed E-state index contributed by atoms with van der Waals surface area (Å²) >= 11 is 0. The molecule has 0 N–H and O–H groups in total. The second kappa shape index (κ2) is 17.3. The van der Waals surface area contributed by atoms with Gasteiger partial charge in [-0.15, -0.1) is 6.58 Å². The molecule has 0 bridgehead atoms. The predicted molar refractivity (Wildman–Crippen MR) is 114 cm³/mol. The fraction of sp³-hybridized carbons (Fsp3) is 0.909. The Bertz CT molecular complexity index is 296. The van der Waals surface area contributed by atoms with Gasteiger partial charge in [0, 0.05) is 12.7 Å². The fourth-order valence-electron chi connectivity index (χ4n) is 3.22. The average Bonchev–Trinajstić information content (AvgIpc) is 2.59. The molecule has 2 nitrogen and oxygen atoms in total. The molecule has 0 spiro atoms. The van der Waals surface area contributed by atoms with E-state index in [1.807, 2.05) is 5.70 Å². The quantitative estimate of drug-likeness (QED) is 0.171. The van der Waals surface area contributed by atoms with E-state index in [0.29, 0.717) is 0 Å². The van der Waals surface area contributed by atoms with Crippen LogP contribution in [0.25, 0.3) is 0 Å². The molecular formula is C22H46O2Si. The van der Waals surface area contributed by atoms with Gasteiger partial charge in [-0.3, -0.25) is 0 Å². The van der Waals surface area contributed by atoms with Crippen LogP contribution in [0.2, 0.25) is 6.55 Å². The van der Waals surface area contributed by atoms with Crippen molar-refractivity contribution in [3.8, 4) is 0 Å².